The molecule has 100 valence electrons. The molecule has 1 saturated carbocycles. The van der Waals surface area contributed by atoms with E-state index in [0.717, 1.165) is 19.3 Å². The molecule has 0 saturated heterocycles. The first kappa shape index (κ1) is 14.5. The van der Waals surface area contributed by atoms with Gasteiger partial charge in [0, 0.05) is 19.0 Å². The molecule has 3 N–H and O–H groups in total. The molecule has 0 radical (unpaired) electrons. The van der Waals surface area contributed by atoms with Crippen molar-refractivity contribution in [3.8, 4) is 0 Å². The fourth-order valence-electron chi connectivity index (χ4n) is 2.47. The van der Waals surface area contributed by atoms with Gasteiger partial charge in [0.05, 0.1) is 6.61 Å². The molecule has 0 aromatic carbocycles. The molecule has 4 nitrogen and oxygen atoms in total. The number of nitrogens with zero attached hydrogens (tertiary/aromatic N) is 1. The van der Waals surface area contributed by atoms with Crippen molar-refractivity contribution >= 4 is 5.91 Å². The van der Waals surface area contributed by atoms with Crippen LogP contribution in [0, 0.1) is 5.92 Å². The van der Waals surface area contributed by atoms with Gasteiger partial charge >= 0.3 is 0 Å². The second kappa shape index (κ2) is 7.67. The Bertz CT molecular complexity index is 227. The topological polar surface area (TPSA) is 66.6 Å². The molecular formula is C13H26N2O2. The third kappa shape index (κ3) is 4.64. The maximum absolute atomic E-state index is 12.1. The summed E-state index contributed by atoms with van der Waals surface area (Å²) in [4.78, 5) is 14.0. The lowest BCUT2D eigenvalue weighted by atomic mass is 10.0. The predicted molar refractivity (Wildman–Crippen MR) is 68.5 cm³/mol. The van der Waals surface area contributed by atoms with Crippen molar-refractivity contribution in [1.82, 2.24) is 4.90 Å². The zero-order chi connectivity index (χ0) is 12.7. The van der Waals surface area contributed by atoms with Gasteiger partial charge < -0.3 is 15.7 Å². The number of nitrogens with two attached hydrogens (primary N) is 1. The van der Waals surface area contributed by atoms with Gasteiger partial charge in [-0.1, -0.05) is 19.8 Å². The maximum Gasteiger partial charge on any atom is 0.222 e. The van der Waals surface area contributed by atoms with Gasteiger partial charge in [0.2, 0.25) is 5.91 Å². The van der Waals surface area contributed by atoms with Gasteiger partial charge in [-0.2, -0.15) is 0 Å². The van der Waals surface area contributed by atoms with E-state index in [0.29, 0.717) is 31.5 Å². The second-order valence-corrected chi connectivity index (χ2v) is 5.13. The number of hydrogen-bond donors (Lipinski definition) is 2. The number of carbonyl (C=O) groups excluding carboxylic acids is 1. The summed E-state index contributed by atoms with van der Waals surface area (Å²) in [5, 5.41) is 9.06. The summed E-state index contributed by atoms with van der Waals surface area (Å²) >= 11 is 0. The van der Waals surface area contributed by atoms with E-state index >= 15 is 0 Å². The molecule has 0 spiro atoms. The minimum Gasteiger partial charge on any atom is -0.395 e. The zero-order valence-electron chi connectivity index (χ0n) is 10.9. The third-order valence-electron chi connectivity index (χ3n) is 3.68. The Balaban J connectivity index is 2.42. The van der Waals surface area contributed by atoms with Crippen molar-refractivity contribution in [1.29, 1.82) is 0 Å². The van der Waals surface area contributed by atoms with Crippen LogP contribution in [0.25, 0.3) is 0 Å². The van der Waals surface area contributed by atoms with Crippen LogP contribution in [-0.2, 0) is 4.79 Å². The van der Waals surface area contributed by atoms with Crippen molar-refractivity contribution in [2.75, 3.05) is 19.7 Å². The van der Waals surface area contributed by atoms with Crippen LogP contribution < -0.4 is 5.73 Å². The Labute approximate surface area is 104 Å². The summed E-state index contributed by atoms with van der Waals surface area (Å²) in [6.07, 6.45) is 6.02. The molecule has 1 unspecified atom stereocenters. The first-order chi connectivity index (χ1) is 8.19. The normalized spacial score (nSPS) is 18.3. The van der Waals surface area contributed by atoms with Crippen molar-refractivity contribution < 1.29 is 9.90 Å². The van der Waals surface area contributed by atoms with Crippen molar-refractivity contribution in [3.05, 3.63) is 0 Å². The largest absolute Gasteiger partial charge is 0.395 e. The monoisotopic (exact) mass is 242 g/mol. The molecule has 1 fully saturated rings. The Morgan fingerprint density at radius 1 is 1.47 bits per heavy atom. The average molecular weight is 242 g/mol. The number of aliphatic hydroxyl groups is 1. The highest BCUT2D eigenvalue weighted by Crippen LogP contribution is 2.24. The summed E-state index contributed by atoms with van der Waals surface area (Å²) in [6, 6.07) is 0.364. The van der Waals surface area contributed by atoms with Crippen LogP contribution in [0.4, 0.5) is 0 Å². The molecule has 0 heterocycles. The van der Waals surface area contributed by atoms with Crippen molar-refractivity contribution in [2.45, 2.75) is 51.5 Å². The van der Waals surface area contributed by atoms with Crippen LogP contribution in [0.3, 0.4) is 0 Å². The van der Waals surface area contributed by atoms with Crippen LogP contribution in [-0.4, -0.2) is 41.7 Å². The second-order valence-electron chi connectivity index (χ2n) is 5.13. The molecule has 1 aliphatic carbocycles. The predicted octanol–water partition coefficient (Wildman–Crippen LogP) is 1.12. The SMILES string of the molecule is CC(CN)CCC(=O)N(CCO)C1CCCC1. The smallest absolute Gasteiger partial charge is 0.222 e. The van der Waals surface area contributed by atoms with E-state index in [4.69, 9.17) is 10.8 Å². The molecule has 0 aliphatic heterocycles. The van der Waals surface area contributed by atoms with Gasteiger partial charge in [0.1, 0.15) is 0 Å². The molecule has 1 aliphatic rings. The molecule has 1 amide bonds. The number of rotatable bonds is 7. The minimum atomic E-state index is 0.0642. The molecule has 1 rings (SSSR count). The standard InChI is InChI=1S/C13H26N2O2/c1-11(10-14)6-7-13(17)15(8-9-16)12-4-2-3-5-12/h11-12,16H,2-10,14H2,1H3. The zero-order valence-corrected chi connectivity index (χ0v) is 10.9. The summed E-state index contributed by atoms with van der Waals surface area (Å²) in [6.45, 7) is 3.26. The third-order valence-corrected chi connectivity index (χ3v) is 3.68. The summed E-state index contributed by atoms with van der Waals surface area (Å²) in [5.74, 6) is 0.588. The number of amides is 1. The lowest BCUT2D eigenvalue weighted by molar-refractivity contribution is -0.134. The molecule has 0 bridgehead atoms. The van der Waals surface area contributed by atoms with Gasteiger partial charge in [-0.3, -0.25) is 4.79 Å². The van der Waals surface area contributed by atoms with E-state index in [-0.39, 0.29) is 12.5 Å². The summed E-state index contributed by atoms with van der Waals surface area (Å²) < 4.78 is 0. The molecule has 4 heteroatoms. The first-order valence-electron chi connectivity index (χ1n) is 6.79. The summed E-state index contributed by atoms with van der Waals surface area (Å²) in [5.41, 5.74) is 5.55. The Morgan fingerprint density at radius 2 is 2.12 bits per heavy atom. The minimum absolute atomic E-state index is 0.0642. The van der Waals surface area contributed by atoms with Crippen LogP contribution >= 0.6 is 0 Å². The van der Waals surface area contributed by atoms with E-state index in [1.54, 1.807) is 0 Å². The molecule has 1 atom stereocenters. The van der Waals surface area contributed by atoms with Crippen LogP contribution in [0.1, 0.15) is 45.4 Å². The van der Waals surface area contributed by atoms with Crippen molar-refractivity contribution in [3.63, 3.8) is 0 Å². The highest BCUT2D eigenvalue weighted by atomic mass is 16.3. The van der Waals surface area contributed by atoms with Crippen LogP contribution in [0.15, 0.2) is 0 Å². The Kier molecular flexibility index (Phi) is 6.52. The highest BCUT2D eigenvalue weighted by molar-refractivity contribution is 5.76. The lowest BCUT2D eigenvalue weighted by Crippen LogP contribution is -2.40. The fourth-order valence-corrected chi connectivity index (χ4v) is 2.47. The molecule has 0 aromatic heterocycles. The van der Waals surface area contributed by atoms with E-state index in [2.05, 4.69) is 6.92 Å². The Hall–Kier alpha value is -0.610. The van der Waals surface area contributed by atoms with Crippen LogP contribution in [0.2, 0.25) is 0 Å². The summed E-state index contributed by atoms with van der Waals surface area (Å²) in [7, 11) is 0. The van der Waals surface area contributed by atoms with E-state index < -0.39 is 0 Å². The van der Waals surface area contributed by atoms with E-state index in [1.165, 1.54) is 12.8 Å². The van der Waals surface area contributed by atoms with Gasteiger partial charge in [-0.15, -0.1) is 0 Å². The highest BCUT2D eigenvalue weighted by Gasteiger charge is 2.25. The maximum atomic E-state index is 12.1. The molecule has 17 heavy (non-hydrogen) atoms. The van der Waals surface area contributed by atoms with Gasteiger partial charge in [0.25, 0.3) is 0 Å². The fraction of sp³-hybridized carbons (Fsp3) is 0.923. The molecular weight excluding hydrogens is 216 g/mol. The van der Waals surface area contributed by atoms with Crippen LogP contribution in [0.5, 0.6) is 0 Å². The Morgan fingerprint density at radius 3 is 2.65 bits per heavy atom. The van der Waals surface area contributed by atoms with Gasteiger partial charge in [0.15, 0.2) is 0 Å². The van der Waals surface area contributed by atoms with E-state index in [9.17, 15) is 4.79 Å². The van der Waals surface area contributed by atoms with E-state index in [1.807, 2.05) is 4.90 Å². The van der Waals surface area contributed by atoms with Crippen molar-refractivity contribution in [2.24, 2.45) is 11.7 Å². The average Bonchev–Trinajstić information content (AvgIpc) is 2.86. The number of carbonyl (C=O) groups is 1. The first-order valence-corrected chi connectivity index (χ1v) is 6.79. The molecule has 0 aromatic rings. The lowest BCUT2D eigenvalue weighted by Gasteiger charge is -2.28. The van der Waals surface area contributed by atoms with Gasteiger partial charge in [-0.05, 0) is 31.7 Å². The number of hydrogen-bond acceptors (Lipinski definition) is 3. The number of aliphatic hydroxyl groups excluding tert-OH is 1. The quantitative estimate of drug-likeness (QED) is 0.703. The van der Waals surface area contributed by atoms with Gasteiger partial charge in [-0.25, -0.2) is 0 Å².